The number of anilines is 3. The normalized spacial score (nSPS) is 13.3. The van der Waals surface area contributed by atoms with E-state index in [2.05, 4.69) is 20.6 Å². The number of nitrogens with zero attached hydrogens (tertiary/aromatic N) is 2. The smallest absolute Gasteiger partial charge is 0.303 e. The Kier molecular flexibility index (Phi) is 5.75. The van der Waals surface area contributed by atoms with Gasteiger partial charge < -0.3 is 21.5 Å². The van der Waals surface area contributed by atoms with Crippen molar-refractivity contribution in [3.05, 3.63) is 53.1 Å². The van der Waals surface area contributed by atoms with Crippen molar-refractivity contribution >= 4 is 28.1 Å². The van der Waals surface area contributed by atoms with Gasteiger partial charge in [0.25, 0.3) is 0 Å². The van der Waals surface area contributed by atoms with Crippen molar-refractivity contribution in [1.29, 1.82) is 0 Å². The Balaban J connectivity index is 2.05. The van der Waals surface area contributed by atoms with Crippen LogP contribution in [0.3, 0.4) is 0 Å². The van der Waals surface area contributed by atoms with E-state index in [0.29, 0.717) is 33.9 Å². The number of aliphatic hydroxyl groups is 1. The standard InChI is InChI=1S/C22H26F3N5O/c1-11(13-7-6-8-15(19(13)23)22(24,25)21(3,4)31)28-20-14-9-16(26)18(27-5)10-17(14)29-12(2)30-20/h6-11,27,31H,26H2,1-5H3,(H,28,29,30). The fourth-order valence-corrected chi connectivity index (χ4v) is 3.37. The van der Waals surface area contributed by atoms with Crippen LogP contribution >= 0.6 is 0 Å². The highest BCUT2D eigenvalue weighted by Crippen LogP contribution is 2.41. The first-order valence-electron chi connectivity index (χ1n) is 9.78. The zero-order valence-corrected chi connectivity index (χ0v) is 18.0. The Labute approximate surface area is 178 Å². The van der Waals surface area contributed by atoms with Gasteiger partial charge in [0.05, 0.1) is 28.5 Å². The second-order valence-electron chi connectivity index (χ2n) is 8.03. The number of alkyl halides is 2. The number of halogens is 3. The van der Waals surface area contributed by atoms with Gasteiger partial charge in [0.2, 0.25) is 0 Å². The molecule has 0 aliphatic heterocycles. The van der Waals surface area contributed by atoms with Crippen LogP contribution in [0.4, 0.5) is 30.4 Å². The number of nitrogens with two attached hydrogens (primary N) is 1. The first-order valence-corrected chi connectivity index (χ1v) is 9.78. The Morgan fingerprint density at radius 2 is 1.84 bits per heavy atom. The maximum absolute atomic E-state index is 15.1. The van der Waals surface area contributed by atoms with Crippen molar-refractivity contribution in [2.75, 3.05) is 23.4 Å². The number of aryl methyl sites for hydroxylation is 1. The maximum atomic E-state index is 15.1. The lowest BCUT2D eigenvalue weighted by atomic mass is 9.91. The van der Waals surface area contributed by atoms with Crippen LogP contribution in [0, 0.1) is 12.7 Å². The van der Waals surface area contributed by atoms with Crippen LogP contribution in [0.2, 0.25) is 0 Å². The largest absolute Gasteiger partial charge is 0.397 e. The van der Waals surface area contributed by atoms with Gasteiger partial charge in [-0.2, -0.15) is 8.78 Å². The lowest BCUT2D eigenvalue weighted by Gasteiger charge is -2.30. The molecule has 9 heteroatoms. The number of aromatic nitrogens is 2. The minimum Gasteiger partial charge on any atom is -0.397 e. The second kappa shape index (κ2) is 7.88. The predicted molar refractivity (Wildman–Crippen MR) is 117 cm³/mol. The third kappa shape index (κ3) is 4.10. The summed E-state index contributed by atoms with van der Waals surface area (Å²) in [6.45, 7) is 5.25. The fraction of sp³-hybridized carbons (Fsp3) is 0.364. The molecule has 3 rings (SSSR count). The molecule has 0 bridgehead atoms. The molecule has 166 valence electrons. The zero-order chi connectivity index (χ0) is 23.1. The predicted octanol–water partition coefficient (Wildman–Crippen LogP) is 4.74. The summed E-state index contributed by atoms with van der Waals surface area (Å²) in [5.41, 5.74) is 4.61. The molecule has 0 saturated carbocycles. The van der Waals surface area contributed by atoms with E-state index in [4.69, 9.17) is 5.73 Å². The molecule has 1 unspecified atom stereocenters. The summed E-state index contributed by atoms with van der Waals surface area (Å²) in [7, 11) is 1.74. The SMILES string of the molecule is CNc1cc2nc(C)nc(NC(C)c3cccc(C(F)(F)C(C)(C)O)c3F)c2cc1N. The number of hydrogen-bond donors (Lipinski definition) is 4. The zero-order valence-electron chi connectivity index (χ0n) is 18.0. The van der Waals surface area contributed by atoms with Crippen molar-refractivity contribution < 1.29 is 18.3 Å². The number of nitrogens with one attached hydrogen (secondary N) is 2. The third-order valence-electron chi connectivity index (χ3n) is 5.20. The molecule has 0 fully saturated rings. The molecule has 1 heterocycles. The van der Waals surface area contributed by atoms with E-state index < -0.39 is 28.9 Å². The van der Waals surface area contributed by atoms with E-state index in [-0.39, 0.29) is 5.56 Å². The van der Waals surface area contributed by atoms with Gasteiger partial charge in [0.1, 0.15) is 23.1 Å². The average Bonchev–Trinajstić information content (AvgIpc) is 2.67. The van der Waals surface area contributed by atoms with Crippen LogP contribution in [0.1, 0.15) is 43.8 Å². The Morgan fingerprint density at radius 3 is 2.45 bits per heavy atom. The Morgan fingerprint density at radius 1 is 1.16 bits per heavy atom. The van der Waals surface area contributed by atoms with Gasteiger partial charge in [0, 0.05) is 18.0 Å². The number of hydrogen-bond acceptors (Lipinski definition) is 6. The minimum atomic E-state index is -3.77. The minimum absolute atomic E-state index is 0.0191. The number of nitrogen functional groups attached to an aromatic ring is 1. The van der Waals surface area contributed by atoms with E-state index in [1.165, 1.54) is 12.1 Å². The van der Waals surface area contributed by atoms with Crippen LogP contribution in [0.15, 0.2) is 30.3 Å². The average molecular weight is 433 g/mol. The molecule has 0 spiro atoms. The van der Waals surface area contributed by atoms with Crippen molar-refractivity contribution in [2.24, 2.45) is 0 Å². The van der Waals surface area contributed by atoms with Gasteiger partial charge in [-0.3, -0.25) is 0 Å². The van der Waals surface area contributed by atoms with Crippen molar-refractivity contribution in [3.63, 3.8) is 0 Å². The highest BCUT2D eigenvalue weighted by molar-refractivity contribution is 5.95. The summed E-state index contributed by atoms with van der Waals surface area (Å²) in [5, 5.41) is 16.5. The van der Waals surface area contributed by atoms with Crippen LogP contribution < -0.4 is 16.4 Å². The molecule has 2 aromatic carbocycles. The summed E-state index contributed by atoms with van der Waals surface area (Å²) in [6.07, 6.45) is 0. The molecular formula is C22H26F3N5O. The highest BCUT2D eigenvalue weighted by atomic mass is 19.3. The lowest BCUT2D eigenvalue weighted by molar-refractivity contribution is -0.170. The molecule has 5 N–H and O–H groups in total. The summed E-state index contributed by atoms with van der Waals surface area (Å²) in [5.74, 6) is -3.97. The number of benzene rings is 2. The lowest BCUT2D eigenvalue weighted by Crippen LogP contribution is -2.41. The van der Waals surface area contributed by atoms with Gasteiger partial charge in [-0.05, 0) is 45.9 Å². The van der Waals surface area contributed by atoms with E-state index in [1.54, 1.807) is 33.0 Å². The van der Waals surface area contributed by atoms with E-state index >= 15 is 4.39 Å². The van der Waals surface area contributed by atoms with E-state index in [1.807, 2.05) is 0 Å². The first-order chi connectivity index (χ1) is 14.4. The monoisotopic (exact) mass is 433 g/mol. The molecule has 0 radical (unpaired) electrons. The van der Waals surface area contributed by atoms with Crippen LogP contribution in [0.25, 0.3) is 10.9 Å². The molecule has 1 aromatic heterocycles. The highest BCUT2D eigenvalue weighted by Gasteiger charge is 2.49. The van der Waals surface area contributed by atoms with Gasteiger partial charge in [0.15, 0.2) is 0 Å². The second-order valence-corrected chi connectivity index (χ2v) is 8.03. The molecule has 0 aliphatic carbocycles. The van der Waals surface area contributed by atoms with Crippen LogP contribution in [-0.2, 0) is 5.92 Å². The van der Waals surface area contributed by atoms with Crippen molar-refractivity contribution in [3.8, 4) is 0 Å². The van der Waals surface area contributed by atoms with Gasteiger partial charge in [-0.1, -0.05) is 12.1 Å². The summed E-state index contributed by atoms with van der Waals surface area (Å²) in [4.78, 5) is 8.80. The maximum Gasteiger partial charge on any atom is 0.303 e. The Bertz CT molecular complexity index is 1130. The van der Waals surface area contributed by atoms with E-state index in [9.17, 15) is 13.9 Å². The molecule has 1 atom stereocenters. The van der Waals surface area contributed by atoms with Crippen molar-refractivity contribution in [1.82, 2.24) is 9.97 Å². The Hall–Kier alpha value is -3.07. The summed E-state index contributed by atoms with van der Waals surface area (Å²) < 4.78 is 44.4. The molecule has 31 heavy (non-hydrogen) atoms. The molecular weight excluding hydrogens is 407 g/mol. The third-order valence-corrected chi connectivity index (χ3v) is 5.20. The van der Waals surface area contributed by atoms with Gasteiger partial charge in [-0.15, -0.1) is 0 Å². The van der Waals surface area contributed by atoms with Crippen molar-refractivity contribution in [2.45, 2.75) is 45.3 Å². The first kappa shape index (κ1) is 22.6. The topological polar surface area (TPSA) is 96.1 Å². The molecule has 3 aromatic rings. The van der Waals surface area contributed by atoms with Crippen LogP contribution in [-0.4, -0.2) is 27.7 Å². The van der Waals surface area contributed by atoms with Gasteiger partial charge >= 0.3 is 5.92 Å². The number of fused-ring (bicyclic) bond motifs is 1. The molecule has 6 nitrogen and oxygen atoms in total. The molecule has 0 aliphatic rings. The van der Waals surface area contributed by atoms with Crippen LogP contribution in [0.5, 0.6) is 0 Å². The number of rotatable bonds is 6. The molecule has 0 saturated heterocycles. The quantitative estimate of drug-likeness (QED) is 0.420. The van der Waals surface area contributed by atoms with Gasteiger partial charge in [-0.25, -0.2) is 14.4 Å². The molecule has 0 amide bonds. The summed E-state index contributed by atoms with van der Waals surface area (Å²) in [6, 6.07) is 6.51. The van der Waals surface area contributed by atoms with E-state index in [0.717, 1.165) is 19.9 Å². The fourth-order valence-electron chi connectivity index (χ4n) is 3.37. The summed E-state index contributed by atoms with van der Waals surface area (Å²) >= 11 is 0.